The lowest BCUT2D eigenvalue weighted by Gasteiger charge is -2.09. The van der Waals surface area contributed by atoms with Crippen molar-refractivity contribution >= 4 is 43.5 Å². The van der Waals surface area contributed by atoms with Crippen molar-refractivity contribution in [3.05, 3.63) is 62.3 Å². The van der Waals surface area contributed by atoms with Gasteiger partial charge in [-0.2, -0.15) is 0 Å². The Morgan fingerprint density at radius 1 is 1.21 bits per heavy atom. The molecule has 0 aliphatic carbocycles. The molecule has 0 heterocycles. The summed E-state index contributed by atoms with van der Waals surface area (Å²) in [6, 6.07) is 10.0. The molecule has 0 atom stereocenters. The molecule has 2 aromatic carbocycles. The molecule has 0 radical (unpaired) electrons. The van der Waals surface area contributed by atoms with Gasteiger partial charge in [-0.25, -0.2) is 4.39 Å². The molecule has 0 saturated heterocycles. The van der Waals surface area contributed by atoms with Crippen LogP contribution in [-0.4, -0.2) is 5.91 Å². The number of anilines is 1. The molecule has 98 valence electrons. The first-order chi connectivity index (χ1) is 8.97. The Labute approximate surface area is 127 Å². The maximum atomic E-state index is 13.3. The Bertz CT molecular complexity index is 643. The van der Waals surface area contributed by atoms with Gasteiger partial charge in [0.1, 0.15) is 5.82 Å². The molecule has 2 aromatic rings. The van der Waals surface area contributed by atoms with Crippen LogP contribution in [0, 0.1) is 12.7 Å². The highest BCUT2D eigenvalue weighted by atomic mass is 79.9. The van der Waals surface area contributed by atoms with Crippen LogP contribution in [-0.2, 0) is 0 Å². The van der Waals surface area contributed by atoms with Crippen LogP contribution in [0.2, 0.25) is 0 Å². The van der Waals surface area contributed by atoms with Gasteiger partial charge >= 0.3 is 0 Å². The van der Waals surface area contributed by atoms with Crippen molar-refractivity contribution < 1.29 is 9.18 Å². The second-order valence-electron chi connectivity index (χ2n) is 4.05. The monoisotopic (exact) mass is 385 g/mol. The van der Waals surface area contributed by atoms with Gasteiger partial charge in [0.25, 0.3) is 5.91 Å². The number of halogens is 3. The zero-order valence-electron chi connectivity index (χ0n) is 10.0. The van der Waals surface area contributed by atoms with Gasteiger partial charge in [0, 0.05) is 15.7 Å². The SMILES string of the molecule is Cc1cc(F)c(Br)cc1NC(=O)c1cccc(Br)c1. The molecule has 0 aliphatic rings. The fourth-order valence-electron chi connectivity index (χ4n) is 1.61. The molecule has 19 heavy (non-hydrogen) atoms. The number of hydrogen-bond donors (Lipinski definition) is 1. The maximum absolute atomic E-state index is 13.3. The van der Waals surface area contributed by atoms with Crippen LogP contribution in [0.5, 0.6) is 0 Å². The molecule has 0 bridgehead atoms. The van der Waals surface area contributed by atoms with Gasteiger partial charge in [-0.3, -0.25) is 4.79 Å². The number of benzene rings is 2. The molecule has 1 N–H and O–H groups in total. The molecule has 0 saturated carbocycles. The van der Waals surface area contributed by atoms with Crippen molar-refractivity contribution in [2.45, 2.75) is 6.92 Å². The Kier molecular flexibility index (Phi) is 4.37. The molecule has 0 aromatic heterocycles. The van der Waals surface area contributed by atoms with E-state index >= 15 is 0 Å². The highest BCUT2D eigenvalue weighted by Gasteiger charge is 2.10. The summed E-state index contributed by atoms with van der Waals surface area (Å²) in [7, 11) is 0. The summed E-state index contributed by atoms with van der Waals surface area (Å²) in [5.74, 6) is -0.583. The molecular formula is C14H10Br2FNO. The van der Waals surface area contributed by atoms with E-state index in [0.29, 0.717) is 21.3 Å². The Morgan fingerprint density at radius 3 is 2.63 bits per heavy atom. The molecule has 1 amide bonds. The third kappa shape index (κ3) is 3.42. The van der Waals surface area contributed by atoms with Crippen LogP contribution in [0.25, 0.3) is 0 Å². The van der Waals surface area contributed by atoms with Gasteiger partial charge < -0.3 is 5.32 Å². The molecule has 0 unspecified atom stereocenters. The lowest BCUT2D eigenvalue weighted by molar-refractivity contribution is 0.102. The van der Waals surface area contributed by atoms with E-state index in [2.05, 4.69) is 37.2 Å². The first kappa shape index (κ1) is 14.2. The summed E-state index contributed by atoms with van der Waals surface area (Å²) in [5, 5.41) is 2.77. The van der Waals surface area contributed by atoms with Crippen molar-refractivity contribution in [1.82, 2.24) is 0 Å². The van der Waals surface area contributed by atoms with Crippen molar-refractivity contribution in [2.24, 2.45) is 0 Å². The standard InChI is InChI=1S/C14H10Br2FNO/c1-8-5-12(17)11(16)7-13(8)18-14(19)9-3-2-4-10(15)6-9/h2-7H,1H3,(H,18,19). The minimum absolute atomic E-state index is 0.233. The predicted molar refractivity (Wildman–Crippen MR) is 80.9 cm³/mol. The fraction of sp³-hybridized carbons (Fsp3) is 0.0714. The van der Waals surface area contributed by atoms with E-state index in [4.69, 9.17) is 0 Å². The number of nitrogens with one attached hydrogen (secondary N) is 1. The highest BCUT2D eigenvalue weighted by Crippen LogP contribution is 2.25. The van der Waals surface area contributed by atoms with Gasteiger partial charge in [0.15, 0.2) is 0 Å². The first-order valence-electron chi connectivity index (χ1n) is 5.50. The summed E-state index contributed by atoms with van der Waals surface area (Å²) >= 11 is 6.42. The minimum Gasteiger partial charge on any atom is -0.322 e. The van der Waals surface area contributed by atoms with Crippen molar-refractivity contribution in [3.8, 4) is 0 Å². The van der Waals surface area contributed by atoms with Crippen LogP contribution >= 0.6 is 31.9 Å². The predicted octanol–water partition coefficient (Wildman–Crippen LogP) is 4.91. The van der Waals surface area contributed by atoms with E-state index in [1.165, 1.54) is 6.07 Å². The number of hydrogen-bond acceptors (Lipinski definition) is 1. The number of carbonyl (C=O) groups is 1. The highest BCUT2D eigenvalue weighted by molar-refractivity contribution is 9.10. The molecule has 0 fully saturated rings. The summed E-state index contributed by atoms with van der Waals surface area (Å²) in [4.78, 5) is 12.1. The van der Waals surface area contributed by atoms with E-state index < -0.39 is 0 Å². The van der Waals surface area contributed by atoms with Crippen LogP contribution in [0.15, 0.2) is 45.3 Å². The van der Waals surface area contributed by atoms with Crippen LogP contribution in [0.3, 0.4) is 0 Å². The second kappa shape index (κ2) is 5.84. The zero-order valence-corrected chi connectivity index (χ0v) is 13.2. The second-order valence-corrected chi connectivity index (χ2v) is 5.82. The third-order valence-corrected chi connectivity index (χ3v) is 3.70. The zero-order chi connectivity index (χ0) is 14.0. The van der Waals surface area contributed by atoms with E-state index in [9.17, 15) is 9.18 Å². The summed E-state index contributed by atoms with van der Waals surface area (Å²) in [6.07, 6.45) is 0. The average molecular weight is 387 g/mol. The number of rotatable bonds is 2. The summed E-state index contributed by atoms with van der Waals surface area (Å²) in [6.45, 7) is 1.74. The van der Waals surface area contributed by atoms with E-state index in [1.807, 2.05) is 6.07 Å². The van der Waals surface area contributed by atoms with Crippen LogP contribution < -0.4 is 5.32 Å². The smallest absolute Gasteiger partial charge is 0.255 e. The average Bonchev–Trinajstić information content (AvgIpc) is 2.36. The van der Waals surface area contributed by atoms with Crippen molar-refractivity contribution in [1.29, 1.82) is 0 Å². The van der Waals surface area contributed by atoms with Crippen molar-refractivity contribution in [3.63, 3.8) is 0 Å². The van der Waals surface area contributed by atoms with Gasteiger partial charge in [0.05, 0.1) is 4.47 Å². The molecule has 5 heteroatoms. The molecule has 2 nitrogen and oxygen atoms in total. The quantitative estimate of drug-likeness (QED) is 0.780. The Hall–Kier alpha value is -1.20. The lowest BCUT2D eigenvalue weighted by atomic mass is 10.1. The summed E-state index contributed by atoms with van der Waals surface area (Å²) < 4.78 is 14.5. The topological polar surface area (TPSA) is 29.1 Å². The molecular weight excluding hydrogens is 377 g/mol. The van der Waals surface area contributed by atoms with Gasteiger partial charge in [-0.1, -0.05) is 22.0 Å². The van der Waals surface area contributed by atoms with Gasteiger partial charge in [-0.15, -0.1) is 0 Å². The van der Waals surface area contributed by atoms with Crippen molar-refractivity contribution in [2.75, 3.05) is 5.32 Å². The number of amides is 1. The Balaban J connectivity index is 2.27. The van der Waals surface area contributed by atoms with Gasteiger partial charge in [-0.05, 0) is 58.7 Å². The normalized spacial score (nSPS) is 10.3. The van der Waals surface area contributed by atoms with E-state index in [0.717, 1.165) is 4.47 Å². The maximum Gasteiger partial charge on any atom is 0.255 e. The minimum atomic E-state index is -0.349. The first-order valence-corrected chi connectivity index (χ1v) is 7.08. The van der Waals surface area contributed by atoms with Crippen LogP contribution in [0.1, 0.15) is 15.9 Å². The van der Waals surface area contributed by atoms with E-state index in [1.54, 1.807) is 31.2 Å². The third-order valence-electron chi connectivity index (χ3n) is 2.60. The molecule has 0 aliphatic heterocycles. The van der Waals surface area contributed by atoms with Crippen LogP contribution in [0.4, 0.5) is 10.1 Å². The summed E-state index contributed by atoms with van der Waals surface area (Å²) in [5.41, 5.74) is 1.79. The van der Waals surface area contributed by atoms with Gasteiger partial charge in [0.2, 0.25) is 0 Å². The molecule has 2 rings (SSSR count). The number of carbonyl (C=O) groups excluding carboxylic acids is 1. The number of aryl methyl sites for hydroxylation is 1. The lowest BCUT2D eigenvalue weighted by Crippen LogP contribution is -2.12. The van der Waals surface area contributed by atoms with E-state index in [-0.39, 0.29) is 11.7 Å². The largest absolute Gasteiger partial charge is 0.322 e. The molecule has 0 spiro atoms. The fourth-order valence-corrected chi connectivity index (χ4v) is 2.35. The Morgan fingerprint density at radius 2 is 1.95 bits per heavy atom.